The molecule has 302 valence electrons. The van der Waals surface area contributed by atoms with Gasteiger partial charge in [-0.05, 0) is 139 Å². The molecule has 0 aromatic heterocycles. The molecule has 0 aliphatic carbocycles. The molecule has 2 nitrogen and oxygen atoms in total. The fourth-order valence-electron chi connectivity index (χ4n) is 9.04. The van der Waals surface area contributed by atoms with E-state index < -0.39 is 0 Å². The highest BCUT2D eigenvalue weighted by molar-refractivity contribution is 5.98. The van der Waals surface area contributed by atoms with E-state index in [0.29, 0.717) is 0 Å². The van der Waals surface area contributed by atoms with Crippen LogP contribution < -0.4 is 9.80 Å². The molecule has 0 amide bonds. The predicted octanol–water partition coefficient (Wildman–Crippen LogP) is 17.6. The molecule has 0 fully saturated rings. The van der Waals surface area contributed by atoms with Crippen LogP contribution in [0.2, 0.25) is 0 Å². The summed E-state index contributed by atoms with van der Waals surface area (Å²) >= 11 is 0. The molecule has 0 unspecified atom stereocenters. The fraction of sp³-hybridized carbons (Fsp3) is 0. The first-order valence-corrected chi connectivity index (χ1v) is 21.9. The summed E-state index contributed by atoms with van der Waals surface area (Å²) in [5, 5.41) is 5.01. The van der Waals surface area contributed by atoms with Crippen molar-refractivity contribution in [3.63, 3.8) is 0 Å². The van der Waals surface area contributed by atoms with Gasteiger partial charge in [-0.25, -0.2) is 0 Å². The third-order valence-corrected chi connectivity index (χ3v) is 12.3. The Labute approximate surface area is 375 Å². The van der Waals surface area contributed by atoms with Crippen molar-refractivity contribution < 1.29 is 0 Å². The van der Waals surface area contributed by atoms with Gasteiger partial charge in [0.1, 0.15) is 0 Å². The predicted molar refractivity (Wildman–Crippen MR) is 273 cm³/mol. The monoisotopic (exact) mass is 816 g/mol. The van der Waals surface area contributed by atoms with Crippen molar-refractivity contribution in [1.82, 2.24) is 0 Å². The molecule has 0 aliphatic rings. The van der Waals surface area contributed by atoms with E-state index in [4.69, 9.17) is 0 Å². The van der Waals surface area contributed by atoms with Crippen molar-refractivity contribution in [2.24, 2.45) is 0 Å². The Balaban J connectivity index is 0.889. The quantitative estimate of drug-likeness (QED) is 0.136. The van der Waals surface area contributed by atoms with E-state index in [0.717, 1.165) is 34.1 Å². The molecule has 0 spiro atoms. The Morgan fingerprint density at radius 1 is 0.172 bits per heavy atom. The minimum atomic E-state index is 1.09. The molecule has 0 N–H and O–H groups in total. The summed E-state index contributed by atoms with van der Waals surface area (Å²) in [5.41, 5.74) is 16.2. The van der Waals surface area contributed by atoms with Gasteiger partial charge in [0.25, 0.3) is 0 Å². The number of rotatable bonds is 10. The lowest BCUT2D eigenvalue weighted by Crippen LogP contribution is -2.09. The first-order chi connectivity index (χ1) is 31.7. The molecule has 11 aromatic rings. The van der Waals surface area contributed by atoms with Crippen molar-refractivity contribution in [3.8, 4) is 44.5 Å². The van der Waals surface area contributed by atoms with E-state index in [-0.39, 0.29) is 0 Å². The molecule has 0 saturated carbocycles. The zero-order chi connectivity index (χ0) is 42.7. The highest BCUT2D eigenvalue weighted by atomic mass is 15.1. The normalized spacial score (nSPS) is 11.1. The average molecular weight is 817 g/mol. The van der Waals surface area contributed by atoms with Crippen LogP contribution in [0.3, 0.4) is 0 Å². The molecule has 2 heteroatoms. The number of fused-ring (bicyclic) bond motifs is 2. The van der Waals surface area contributed by atoms with Crippen LogP contribution in [0.4, 0.5) is 34.1 Å². The summed E-state index contributed by atoms with van der Waals surface area (Å²) < 4.78 is 0. The molecule has 64 heavy (non-hydrogen) atoms. The standard InChI is InChI=1S/C62H44N2/c1-3-17-53(18-4-1)63(54-19-5-2-6-20-54)55-37-29-47(30-38-55)45-25-27-46(28-26-45)48-31-39-56(40-32-48)64(57-41-33-51(34-42-57)61-23-11-15-49-13-7-9-21-59(49)61)58-43-35-52(36-44-58)62-24-12-16-50-14-8-10-22-60(50)62/h1-44H. The van der Waals surface area contributed by atoms with Crippen molar-refractivity contribution >= 4 is 55.7 Å². The van der Waals surface area contributed by atoms with E-state index in [2.05, 4.69) is 277 Å². The summed E-state index contributed by atoms with van der Waals surface area (Å²) in [6.07, 6.45) is 0. The van der Waals surface area contributed by atoms with Crippen molar-refractivity contribution in [2.45, 2.75) is 0 Å². The van der Waals surface area contributed by atoms with Gasteiger partial charge in [0.15, 0.2) is 0 Å². The highest BCUT2D eigenvalue weighted by Gasteiger charge is 2.16. The third kappa shape index (κ3) is 7.59. The van der Waals surface area contributed by atoms with Gasteiger partial charge >= 0.3 is 0 Å². The summed E-state index contributed by atoms with van der Waals surface area (Å²) in [6, 6.07) is 96.1. The first-order valence-electron chi connectivity index (χ1n) is 21.9. The van der Waals surface area contributed by atoms with Crippen LogP contribution in [0.25, 0.3) is 66.1 Å². The second-order valence-electron chi connectivity index (χ2n) is 16.2. The second kappa shape index (κ2) is 17.1. The van der Waals surface area contributed by atoms with Crippen LogP contribution in [-0.2, 0) is 0 Å². The Morgan fingerprint density at radius 2 is 0.422 bits per heavy atom. The Morgan fingerprint density at radius 3 is 0.766 bits per heavy atom. The number of hydrogen-bond donors (Lipinski definition) is 0. The Hall–Kier alpha value is -8.46. The van der Waals surface area contributed by atoms with Crippen LogP contribution >= 0.6 is 0 Å². The van der Waals surface area contributed by atoms with E-state index in [1.165, 1.54) is 66.1 Å². The molecule has 0 heterocycles. The number of hydrogen-bond acceptors (Lipinski definition) is 2. The molecule has 11 aromatic carbocycles. The topological polar surface area (TPSA) is 6.48 Å². The Bertz CT molecular complexity index is 3150. The SMILES string of the molecule is c1ccc(N(c2ccccc2)c2ccc(-c3ccc(-c4ccc(N(c5ccc(-c6cccc7ccccc67)cc5)c5ccc(-c6cccc7ccccc67)cc5)cc4)cc3)cc2)cc1. The van der Waals surface area contributed by atoms with Crippen LogP contribution in [-0.4, -0.2) is 0 Å². The molecule has 0 radical (unpaired) electrons. The fourth-order valence-corrected chi connectivity index (χ4v) is 9.04. The number of nitrogens with zero attached hydrogens (tertiary/aromatic N) is 2. The molecule has 0 atom stereocenters. The lowest BCUT2D eigenvalue weighted by atomic mass is 9.97. The summed E-state index contributed by atoms with van der Waals surface area (Å²) in [4.78, 5) is 4.65. The van der Waals surface area contributed by atoms with E-state index >= 15 is 0 Å². The maximum atomic E-state index is 2.35. The molecule has 11 rings (SSSR count). The smallest absolute Gasteiger partial charge is 0.0462 e. The van der Waals surface area contributed by atoms with Gasteiger partial charge in [-0.3, -0.25) is 0 Å². The van der Waals surface area contributed by atoms with Crippen LogP contribution in [0.1, 0.15) is 0 Å². The largest absolute Gasteiger partial charge is 0.311 e. The van der Waals surface area contributed by atoms with Gasteiger partial charge in [0.2, 0.25) is 0 Å². The third-order valence-electron chi connectivity index (χ3n) is 12.3. The summed E-state index contributed by atoms with van der Waals surface area (Å²) in [7, 11) is 0. The summed E-state index contributed by atoms with van der Waals surface area (Å²) in [5.74, 6) is 0. The minimum Gasteiger partial charge on any atom is -0.311 e. The van der Waals surface area contributed by atoms with E-state index in [1.54, 1.807) is 0 Å². The number of anilines is 6. The van der Waals surface area contributed by atoms with E-state index in [9.17, 15) is 0 Å². The first kappa shape index (κ1) is 38.5. The van der Waals surface area contributed by atoms with Crippen molar-refractivity contribution in [2.75, 3.05) is 9.80 Å². The van der Waals surface area contributed by atoms with Gasteiger partial charge in [0, 0.05) is 34.1 Å². The highest BCUT2D eigenvalue weighted by Crippen LogP contribution is 2.40. The maximum absolute atomic E-state index is 2.35. The Kier molecular flexibility index (Phi) is 10.3. The second-order valence-corrected chi connectivity index (χ2v) is 16.2. The van der Waals surface area contributed by atoms with Gasteiger partial charge < -0.3 is 9.80 Å². The lowest BCUT2D eigenvalue weighted by molar-refractivity contribution is 1.28. The van der Waals surface area contributed by atoms with Crippen LogP contribution in [0.15, 0.2) is 267 Å². The lowest BCUT2D eigenvalue weighted by Gasteiger charge is -2.26. The molecule has 0 bridgehead atoms. The van der Waals surface area contributed by atoms with Gasteiger partial charge in [-0.15, -0.1) is 0 Å². The molecular weight excluding hydrogens is 773 g/mol. The summed E-state index contributed by atoms with van der Waals surface area (Å²) in [6.45, 7) is 0. The molecule has 0 aliphatic heterocycles. The zero-order valence-corrected chi connectivity index (χ0v) is 35.3. The number of benzene rings is 11. The van der Waals surface area contributed by atoms with E-state index in [1.807, 2.05) is 0 Å². The van der Waals surface area contributed by atoms with Crippen LogP contribution in [0, 0.1) is 0 Å². The minimum absolute atomic E-state index is 1.09. The molecule has 0 saturated heterocycles. The van der Waals surface area contributed by atoms with Gasteiger partial charge in [-0.2, -0.15) is 0 Å². The van der Waals surface area contributed by atoms with Crippen LogP contribution in [0.5, 0.6) is 0 Å². The van der Waals surface area contributed by atoms with Gasteiger partial charge in [0.05, 0.1) is 0 Å². The molecular formula is C62H44N2. The van der Waals surface area contributed by atoms with Crippen molar-refractivity contribution in [1.29, 1.82) is 0 Å². The number of para-hydroxylation sites is 2. The van der Waals surface area contributed by atoms with Crippen molar-refractivity contribution in [3.05, 3.63) is 267 Å². The maximum Gasteiger partial charge on any atom is 0.0462 e. The average Bonchev–Trinajstić information content (AvgIpc) is 3.38. The zero-order valence-electron chi connectivity index (χ0n) is 35.3. The van der Waals surface area contributed by atoms with Gasteiger partial charge in [-0.1, -0.05) is 194 Å².